The van der Waals surface area contributed by atoms with Gasteiger partial charge in [0.25, 0.3) is 0 Å². The summed E-state index contributed by atoms with van der Waals surface area (Å²) < 4.78 is 9.25. The predicted octanol–water partition coefficient (Wildman–Crippen LogP) is 1.91. The number of rotatable bonds is 0. The number of pyridine rings is 1. The normalized spacial score (nSPS) is 22.4. The first-order valence-electron chi connectivity index (χ1n) is 4.83. The Morgan fingerprint density at radius 1 is 1.57 bits per heavy atom. The van der Waals surface area contributed by atoms with E-state index >= 15 is 0 Å². The van der Waals surface area contributed by atoms with E-state index in [0.29, 0.717) is 0 Å². The van der Waals surface area contributed by atoms with Crippen LogP contribution in [0.5, 0.6) is 5.88 Å². The monoisotopic (exact) mass is 208 g/mol. The van der Waals surface area contributed by atoms with E-state index in [0.717, 1.165) is 30.2 Å². The average Bonchev–Trinajstić information content (AvgIpc) is 2.93. The SMILES string of the molecule is Cc1cnc2c(c1)SNCC1(CC1)O2. The molecule has 1 aliphatic carbocycles. The molecule has 1 saturated carbocycles. The van der Waals surface area contributed by atoms with E-state index in [2.05, 4.69) is 15.8 Å². The molecule has 1 aromatic rings. The van der Waals surface area contributed by atoms with Crippen LogP contribution in [0, 0.1) is 6.92 Å². The summed E-state index contributed by atoms with van der Waals surface area (Å²) in [6, 6.07) is 2.11. The molecule has 4 heteroatoms. The lowest BCUT2D eigenvalue weighted by molar-refractivity contribution is 0.174. The van der Waals surface area contributed by atoms with Crippen molar-refractivity contribution in [2.24, 2.45) is 0 Å². The molecule has 0 unspecified atom stereocenters. The molecule has 74 valence electrons. The fraction of sp³-hybridized carbons (Fsp3) is 0.500. The third-order valence-electron chi connectivity index (χ3n) is 2.65. The van der Waals surface area contributed by atoms with Gasteiger partial charge < -0.3 is 4.74 Å². The van der Waals surface area contributed by atoms with Crippen molar-refractivity contribution in [3.8, 4) is 5.88 Å². The van der Waals surface area contributed by atoms with Gasteiger partial charge in [0.2, 0.25) is 5.88 Å². The molecule has 0 radical (unpaired) electrons. The van der Waals surface area contributed by atoms with E-state index in [-0.39, 0.29) is 5.60 Å². The Labute approximate surface area is 87.4 Å². The van der Waals surface area contributed by atoms with Gasteiger partial charge in [0.15, 0.2) is 0 Å². The van der Waals surface area contributed by atoms with Crippen molar-refractivity contribution in [1.82, 2.24) is 9.71 Å². The molecule has 2 aliphatic rings. The number of ether oxygens (including phenoxy) is 1. The Bertz CT molecular complexity index is 376. The van der Waals surface area contributed by atoms with Crippen molar-refractivity contribution in [2.75, 3.05) is 6.54 Å². The van der Waals surface area contributed by atoms with E-state index in [1.54, 1.807) is 11.9 Å². The zero-order valence-electron chi connectivity index (χ0n) is 8.04. The standard InChI is InChI=1S/C10H12N2OS/c1-7-4-8-9(11-5-7)13-10(2-3-10)6-12-14-8/h4-5,12H,2-3,6H2,1H3. The second-order valence-corrected chi connectivity index (χ2v) is 4.96. The smallest absolute Gasteiger partial charge is 0.229 e. The quantitative estimate of drug-likeness (QED) is 0.660. The number of hydrogen-bond acceptors (Lipinski definition) is 4. The maximum absolute atomic E-state index is 5.92. The zero-order chi connectivity index (χ0) is 9.60. The first kappa shape index (κ1) is 8.56. The highest BCUT2D eigenvalue weighted by atomic mass is 32.2. The van der Waals surface area contributed by atoms with E-state index in [1.807, 2.05) is 13.1 Å². The van der Waals surface area contributed by atoms with Gasteiger partial charge in [-0.05, 0) is 43.3 Å². The highest BCUT2D eigenvalue weighted by Crippen LogP contribution is 2.44. The van der Waals surface area contributed by atoms with Crippen molar-refractivity contribution >= 4 is 11.9 Å². The fourth-order valence-corrected chi connectivity index (χ4v) is 2.50. The molecule has 3 rings (SSSR count). The maximum Gasteiger partial charge on any atom is 0.229 e. The Hall–Kier alpha value is -0.740. The van der Waals surface area contributed by atoms with Crippen LogP contribution in [0.3, 0.4) is 0 Å². The molecule has 0 saturated heterocycles. The van der Waals surface area contributed by atoms with E-state index in [1.165, 1.54) is 5.56 Å². The van der Waals surface area contributed by atoms with Crippen LogP contribution in [0.15, 0.2) is 17.2 Å². The molecular formula is C10H12N2OS. The zero-order valence-corrected chi connectivity index (χ0v) is 8.86. The van der Waals surface area contributed by atoms with Gasteiger partial charge in [-0.2, -0.15) is 0 Å². The lowest BCUT2D eigenvalue weighted by atomic mass is 10.3. The minimum atomic E-state index is 0.0561. The van der Waals surface area contributed by atoms with E-state index in [9.17, 15) is 0 Å². The van der Waals surface area contributed by atoms with Gasteiger partial charge in [0, 0.05) is 12.7 Å². The summed E-state index contributed by atoms with van der Waals surface area (Å²) in [5, 5.41) is 0. The lowest BCUT2D eigenvalue weighted by Crippen LogP contribution is -2.28. The summed E-state index contributed by atoms with van der Waals surface area (Å²) in [5.41, 5.74) is 1.23. The average molecular weight is 208 g/mol. The van der Waals surface area contributed by atoms with Crippen LogP contribution in [-0.2, 0) is 0 Å². The first-order valence-corrected chi connectivity index (χ1v) is 5.65. The number of aromatic nitrogens is 1. The van der Waals surface area contributed by atoms with Crippen molar-refractivity contribution in [3.63, 3.8) is 0 Å². The minimum absolute atomic E-state index is 0.0561. The molecule has 14 heavy (non-hydrogen) atoms. The van der Waals surface area contributed by atoms with Gasteiger partial charge >= 0.3 is 0 Å². The maximum atomic E-state index is 5.92. The summed E-state index contributed by atoms with van der Waals surface area (Å²) in [7, 11) is 0. The summed E-state index contributed by atoms with van der Waals surface area (Å²) in [6.07, 6.45) is 4.16. The van der Waals surface area contributed by atoms with Gasteiger partial charge in [0.1, 0.15) is 5.60 Å². The van der Waals surface area contributed by atoms with Gasteiger partial charge in [-0.1, -0.05) is 0 Å². The molecule has 0 atom stereocenters. The van der Waals surface area contributed by atoms with Crippen LogP contribution in [0.4, 0.5) is 0 Å². The lowest BCUT2D eigenvalue weighted by Gasteiger charge is -2.13. The molecule has 0 aromatic carbocycles. The van der Waals surface area contributed by atoms with Crippen molar-refractivity contribution in [1.29, 1.82) is 0 Å². The highest BCUT2D eigenvalue weighted by molar-refractivity contribution is 7.97. The number of fused-ring (bicyclic) bond motifs is 1. The molecular weight excluding hydrogens is 196 g/mol. The van der Waals surface area contributed by atoms with Crippen LogP contribution < -0.4 is 9.46 Å². The number of aryl methyl sites for hydroxylation is 1. The Balaban J connectivity index is 1.99. The van der Waals surface area contributed by atoms with Gasteiger partial charge in [-0.15, -0.1) is 0 Å². The van der Waals surface area contributed by atoms with Crippen molar-refractivity contribution in [2.45, 2.75) is 30.3 Å². The van der Waals surface area contributed by atoms with Crippen LogP contribution in [0.2, 0.25) is 0 Å². The van der Waals surface area contributed by atoms with Crippen LogP contribution in [-0.4, -0.2) is 17.1 Å². The topological polar surface area (TPSA) is 34.2 Å². The largest absolute Gasteiger partial charge is 0.469 e. The first-order chi connectivity index (χ1) is 6.77. The second kappa shape index (κ2) is 2.87. The van der Waals surface area contributed by atoms with Crippen LogP contribution in [0.1, 0.15) is 18.4 Å². The summed E-state index contributed by atoms with van der Waals surface area (Å²) in [6.45, 7) is 2.97. The second-order valence-electron chi connectivity index (χ2n) is 4.02. The Morgan fingerprint density at radius 2 is 2.43 bits per heavy atom. The number of hydrogen-bond donors (Lipinski definition) is 1. The molecule has 0 amide bonds. The fourth-order valence-electron chi connectivity index (χ4n) is 1.58. The third-order valence-corrected chi connectivity index (χ3v) is 3.45. The van der Waals surface area contributed by atoms with Crippen molar-refractivity contribution in [3.05, 3.63) is 17.8 Å². The minimum Gasteiger partial charge on any atom is -0.469 e. The predicted molar refractivity (Wildman–Crippen MR) is 55.4 cm³/mol. The summed E-state index contributed by atoms with van der Waals surface area (Å²) in [5.74, 6) is 0.795. The Kier molecular flexibility index (Phi) is 1.76. The van der Waals surface area contributed by atoms with Gasteiger partial charge in [0.05, 0.1) is 4.90 Å². The van der Waals surface area contributed by atoms with Crippen molar-refractivity contribution < 1.29 is 4.74 Å². The number of nitrogens with zero attached hydrogens (tertiary/aromatic N) is 1. The summed E-state index contributed by atoms with van der Waals surface area (Å²) in [4.78, 5) is 5.44. The molecule has 3 nitrogen and oxygen atoms in total. The molecule has 1 N–H and O–H groups in total. The molecule has 0 bridgehead atoms. The molecule has 1 fully saturated rings. The van der Waals surface area contributed by atoms with E-state index < -0.39 is 0 Å². The van der Waals surface area contributed by atoms with Gasteiger partial charge in [-0.3, -0.25) is 4.72 Å². The molecule has 1 aromatic heterocycles. The summed E-state index contributed by atoms with van der Waals surface area (Å²) >= 11 is 1.63. The molecule has 2 heterocycles. The Morgan fingerprint density at radius 3 is 3.21 bits per heavy atom. The van der Waals surface area contributed by atoms with Crippen LogP contribution in [0.25, 0.3) is 0 Å². The van der Waals surface area contributed by atoms with Crippen LogP contribution >= 0.6 is 11.9 Å². The third kappa shape index (κ3) is 1.38. The van der Waals surface area contributed by atoms with Gasteiger partial charge in [-0.25, -0.2) is 4.98 Å². The highest BCUT2D eigenvalue weighted by Gasteiger charge is 2.47. The molecule has 1 spiro atoms. The molecule has 1 aliphatic heterocycles. The van der Waals surface area contributed by atoms with E-state index in [4.69, 9.17) is 4.74 Å². The number of nitrogens with one attached hydrogen (secondary N) is 1.